The number of hydrogen-bond acceptors (Lipinski definition) is 3. The third kappa shape index (κ3) is 2.09. The molecule has 0 spiro atoms. The Morgan fingerprint density at radius 2 is 2.00 bits per heavy atom. The Kier molecular flexibility index (Phi) is 3.00. The van der Waals surface area contributed by atoms with Gasteiger partial charge in [0.25, 0.3) is 0 Å². The fourth-order valence-corrected chi connectivity index (χ4v) is 3.34. The van der Waals surface area contributed by atoms with Gasteiger partial charge in [-0.2, -0.15) is 5.10 Å². The first-order valence-corrected chi connectivity index (χ1v) is 6.60. The van der Waals surface area contributed by atoms with Crippen LogP contribution in [0.2, 0.25) is 0 Å². The van der Waals surface area contributed by atoms with E-state index in [0.29, 0.717) is 6.07 Å². The maximum atomic E-state index is 13.4. The molecule has 90 valence electrons. The van der Waals surface area contributed by atoms with Crippen molar-refractivity contribution in [2.24, 2.45) is 0 Å². The molecule has 2 rings (SSSR count). The number of benzene rings is 1. The van der Waals surface area contributed by atoms with Crippen LogP contribution in [0.5, 0.6) is 0 Å². The minimum atomic E-state index is -4.10. The normalized spacial score (nSPS) is 11.7. The van der Waals surface area contributed by atoms with Gasteiger partial charge >= 0.3 is 0 Å². The van der Waals surface area contributed by atoms with Crippen LogP contribution >= 0.6 is 15.9 Å². The van der Waals surface area contributed by atoms with Crippen LogP contribution in [0.3, 0.4) is 0 Å². The number of nitrogens with one attached hydrogen (secondary N) is 1. The van der Waals surface area contributed by atoms with E-state index in [1.807, 2.05) is 0 Å². The van der Waals surface area contributed by atoms with E-state index in [4.69, 9.17) is 0 Å². The van der Waals surface area contributed by atoms with Gasteiger partial charge in [-0.1, -0.05) is 0 Å². The van der Waals surface area contributed by atoms with Crippen LogP contribution < -0.4 is 0 Å². The Labute approximate surface area is 104 Å². The molecular formula is C9H5BrF2N2O2S. The molecule has 1 aromatic heterocycles. The number of nitrogens with zero attached hydrogens (tertiary/aromatic N) is 1. The van der Waals surface area contributed by atoms with Gasteiger partial charge in [0.2, 0.25) is 9.84 Å². The highest BCUT2D eigenvalue weighted by molar-refractivity contribution is 9.10. The van der Waals surface area contributed by atoms with Crippen LogP contribution in [-0.4, -0.2) is 18.6 Å². The lowest BCUT2D eigenvalue weighted by Crippen LogP contribution is -2.06. The van der Waals surface area contributed by atoms with E-state index in [1.54, 1.807) is 0 Å². The molecular weight excluding hydrogens is 318 g/mol. The number of halogens is 3. The third-order valence-electron chi connectivity index (χ3n) is 2.00. The lowest BCUT2D eigenvalue weighted by Gasteiger charge is -2.03. The van der Waals surface area contributed by atoms with Gasteiger partial charge in [0.15, 0.2) is 5.03 Å². The maximum Gasteiger partial charge on any atom is 0.229 e. The summed E-state index contributed by atoms with van der Waals surface area (Å²) in [6.45, 7) is 0. The van der Waals surface area contributed by atoms with Crippen LogP contribution in [0.4, 0.5) is 8.78 Å². The monoisotopic (exact) mass is 322 g/mol. The Bertz CT molecular complexity index is 669. The van der Waals surface area contributed by atoms with Crippen LogP contribution in [0.25, 0.3) is 0 Å². The van der Waals surface area contributed by atoms with Gasteiger partial charge < -0.3 is 0 Å². The highest BCUT2D eigenvalue weighted by atomic mass is 79.9. The standard InChI is InChI=1S/C9H5BrF2N2O2S/c10-6-4-13-14-9(6)17(15,16)8-2-1-5(11)3-7(8)12/h1-4H,(H,13,14). The van der Waals surface area contributed by atoms with E-state index in [9.17, 15) is 17.2 Å². The van der Waals surface area contributed by atoms with Gasteiger partial charge in [0.05, 0.1) is 4.47 Å². The molecule has 0 fully saturated rings. The zero-order valence-corrected chi connectivity index (χ0v) is 10.5. The summed E-state index contributed by atoms with van der Waals surface area (Å²) in [7, 11) is -4.10. The number of hydrogen-bond donors (Lipinski definition) is 1. The molecule has 0 radical (unpaired) electrons. The fraction of sp³-hybridized carbons (Fsp3) is 0. The highest BCUT2D eigenvalue weighted by Crippen LogP contribution is 2.27. The second kappa shape index (κ2) is 4.19. The first-order chi connectivity index (χ1) is 7.93. The molecule has 0 aliphatic carbocycles. The molecule has 1 N–H and O–H groups in total. The first kappa shape index (κ1) is 12.2. The van der Waals surface area contributed by atoms with Crippen molar-refractivity contribution in [1.82, 2.24) is 10.2 Å². The Morgan fingerprint density at radius 3 is 2.53 bits per heavy atom. The molecule has 1 heterocycles. The Morgan fingerprint density at radius 1 is 1.29 bits per heavy atom. The zero-order chi connectivity index (χ0) is 12.6. The average molecular weight is 323 g/mol. The second-order valence-corrected chi connectivity index (χ2v) is 5.80. The van der Waals surface area contributed by atoms with E-state index in [1.165, 1.54) is 6.20 Å². The van der Waals surface area contributed by atoms with Gasteiger partial charge in [-0.15, -0.1) is 0 Å². The van der Waals surface area contributed by atoms with E-state index >= 15 is 0 Å². The molecule has 17 heavy (non-hydrogen) atoms. The number of aromatic nitrogens is 2. The molecule has 0 amide bonds. The lowest BCUT2D eigenvalue weighted by atomic mass is 10.3. The minimum Gasteiger partial charge on any atom is -0.283 e. The number of H-pyrrole nitrogens is 1. The van der Waals surface area contributed by atoms with Gasteiger partial charge in [0, 0.05) is 12.3 Å². The number of sulfone groups is 1. The van der Waals surface area contributed by atoms with Crippen molar-refractivity contribution in [3.63, 3.8) is 0 Å². The third-order valence-corrected chi connectivity index (χ3v) is 4.60. The largest absolute Gasteiger partial charge is 0.283 e. The van der Waals surface area contributed by atoms with E-state index in [2.05, 4.69) is 26.1 Å². The molecule has 0 aliphatic rings. The number of rotatable bonds is 2. The molecule has 4 nitrogen and oxygen atoms in total. The summed E-state index contributed by atoms with van der Waals surface area (Å²) < 4.78 is 50.2. The number of aromatic amines is 1. The van der Waals surface area contributed by atoms with Crippen molar-refractivity contribution < 1.29 is 17.2 Å². The maximum absolute atomic E-state index is 13.4. The molecule has 0 unspecified atom stereocenters. The summed E-state index contributed by atoms with van der Waals surface area (Å²) >= 11 is 2.97. The van der Waals surface area contributed by atoms with Crippen LogP contribution in [0, 0.1) is 11.6 Å². The Hall–Kier alpha value is -1.28. The average Bonchev–Trinajstić information content (AvgIpc) is 2.64. The van der Waals surface area contributed by atoms with Crippen molar-refractivity contribution >= 4 is 25.8 Å². The molecule has 0 bridgehead atoms. The quantitative estimate of drug-likeness (QED) is 0.863. The SMILES string of the molecule is O=S(=O)(c1ccc(F)cc1F)c1n[nH]cc1Br. The highest BCUT2D eigenvalue weighted by Gasteiger charge is 2.26. The van der Waals surface area contributed by atoms with Crippen molar-refractivity contribution in [2.75, 3.05) is 0 Å². The summed E-state index contributed by atoms with van der Waals surface area (Å²) in [5, 5.41) is 5.49. The van der Waals surface area contributed by atoms with Crippen molar-refractivity contribution in [3.05, 3.63) is 40.5 Å². The molecule has 1 aromatic carbocycles. The lowest BCUT2D eigenvalue weighted by molar-refractivity contribution is 0.547. The topological polar surface area (TPSA) is 62.8 Å². The zero-order valence-electron chi connectivity index (χ0n) is 8.12. The van der Waals surface area contributed by atoms with E-state index < -0.39 is 26.4 Å². The van der Waals surface area contributed by atoms with Crippen molar-refractivity contribution in [3.8, 4) is 0 Å². The molecule has 0 aliphatic heterocycles. The van der Waals surface area contributed by atoms with E-state index in [-0.39, 0.29) is 9.50 Å². The molecule has 0 saturated carbocycles. The molecule has 0 saturated heterocycles. The van der Waals surface area contributed by atoms with Gasteiger partial charge in [-0.25, -0.2) is 17.2 Å². The Balaban J connectivity index is 2.65. The summed E-state index contributed by atoms with van der Waals surface area (Å²) in [4.78, 5) is -0.619. The predicted octanol–water partition coefficient (Wildman–Crippen LogP) is 2.28. The summed E-state index contributed by atoms with van der Waals surface area (Å²) in [6.07, 6.45) is 1.30. The van der Waals surface area contributed by atoms with Crippen LogP contribution in [0.1, 0.15) is 0 Å². The van der Waals surface area contributed by atoms with Crippen LogP contribution in [-0.2, 0) is 9.84 Å². The summed E-state index contributed by atoms with van der Waals surface area (Å²) in [6, 6.07) is 2.24. The van der Waals surface area contributed by atoms with Gasteiger partial charge in [-0.05, 0) is 28.1 Å². The first-order valence-electron chi connectivity index (χ1n) is 4.32. The minimum absolute atomic E-state index is 0.182. The smallest absolute Gasteiger partial charge is 0.229 e. The fourth-order valence-electron chi connectivity index (χ4n) is 1.25. The second-order valence-electron chi connectivity index (χ2n) is 3.12. The predicted molar refractivity (Wildman–Crippen MR) is 58.1 cm³/mol. The van der Waals surface area contributed by atoms with E-state index in [0.717, 1.165) is 12.1 Å². The van der Waals surface area contributed by atoms with Crippen molar-refractivity contribution in [1.29, 1.82) is 0 Å². The van der Waals surface area contributed by atoms with Crippen LogP contribution in [0.15, 0.2) is 38.8 Å². The van der Waals surface area contributed by atoms with Gasteiger partial charge in [0.1, 0.15) is 16.5 Å². The summed E-state index contributed by atoms with van der Waals surface area (Å²) in [5.74, 6) is -2.00. The molecule has 2 aromatic rings. The summed E-state index contributed by atoms with van der Waals surface area (Å²) in [5.41, 5.74) is 0. The van der Waals surface area contributed by atoms with Crippen molar-refractivity contribution in [2.45, 2.75) is 9.92 Å². The molecule has 0 atom stereocenters. The molecule has 8 heteroatoms. The van der Waals surface area contributed by atoms with Gasteiger partial charge in [-0.3, -0.25) is 5.10 Å².